The Kier molecular flexibility index (Phi) is 9.16. The fourth-order valence-electron chi connectivity index (χ4n) is 2.02. The van der Waals surface area contributed by atoms with Gasteiger partial charge in [0.15, 0.2) is 6.10 Å². The predicted molar refractivity (Wildman–Crippen MR) is 73.6 cm³/mol. The maximum Gasteiger partial charge on any atom is 0.339 e. The van der Waals surface area contributed by atoms with Crippen LogP contribution < -0.4 is 0 Å². The van der Waals surface area contributed by atoms with Crippen LogP contribution in [0.25, 0.3) is 0 Å². The number of unbranched alkanes of at least 4 members (excludes halogenated alkanes) is 4. The summed E-state index contributed by atoms with van der Waals surface area (Å²) in [6.07, 6.45) is 2.53. The maximum absolute atomic E-state index is 11.5. The minimum Gasteiger partial charge on any atom is -0.479 e. The van der Waals surface area contributed by atoms with Crippen LogP contribution in [-0.2, 0) is 14.3 Å². The lowest BCUT2D eigenvalue weighted by atomic mass is 9.89. The smallest absolute Gasteiger partial charge is 0.339 e. The highest BCUT2D eigenvalue weighted by Gasteiger charge is 2.50. The normalized spacial score (nSPS) is 15.6. The number of ether oxygens (including phenoxy) is 1. The highest BCUT2D eigenvalue weighted by Crippen LogP contribution is 2.26. The number of rotatable bonds is 12. The SMILES string of the molecule is CCCCCO[C@@](CCCCC)(C(=O)O)C(O)C(=O)O. The first kappa shape index (κ1) is 18.9. The van der Waals surface area contributed by atoms with E-state index in [9.17, 15) is 19.8 Å². The van der Waals surface area contributed by atoms with Crippen molar-refractivity contribution in [3.63, 3.8) is 0 Å². The molecule has 20 heavy (non-hydrogen) atoms. The third-order valence-electron chi connectivity index (χ3n) is 3.30. The van der Waals surface area contributed by atoms with E-state index in [0.717, 1.165) is 25.7 Å². The van der Waals surface area contributed by atoms with E-state index in [1.807, 2.05) is 13.8 Å². The number of hydrogen-bond donors (Lipinski definition) is 3. The molecule has 2 atom stereocenters. The van der Waals surface area contributed by atoms with Gasteiger partial charge >= 0.3 is 11.9 Å². The van der Waals surface area contributed by atoms with E-state index < -0.39 is 23.6 Å². The van der Waals surface area contributed by atoms with Crippen molar-refractivity contribution in [2.75, 3.05) is 6.61 Å². The van der Waals surface area contributed by atoms with Gasteiger partial charge in [0.05, 0.1) is 0 Å². The molecule has 0 rings (SSSR count). The Balaban J connectivity index is 4.92. The number of carbonyl (C=O) groups is 2. The molecule has 0 saturated carbocycles. The van der Waals surface area contributed by atoms with Crippen molar-refractivity contribution in [2.45, 2.75) is 70.5 Å². The summed E-state index contributed by atoms with van der Waals surface area (Å²) in [6, 6.07) is 0. The molecule has 0 amide bonds. The maximum atomic E-state index is 11.5. The Bertz CT molecular complexity index is 304. The van der Waals surface area contributed by atoms with Gasteiger partial charge in [-0.05, 0) is 19.3 Å². The Hall–Kier alpha value is -1.14. The van der Waals surface area contributed by atoms with Crippen molar-refractivity contribution in [1.82, 2.24) is 0 Å². The number of hydrogen-bond acceptors (Lipinski definition) is 4. The molecule has 6 heteroatoms. The Morgan fingerprint density at radius 2 is 1.60 bits per heavy atom. The van der Waals surface area contributed by atoms with E-state index in [-0.39, 0.29) is 13.0 Å². The molecule has 1 unspecified atom stereocenters. The minimum absolute atomic E-state index is 0.00420. The van der Waals surface area contributed by atoms with Crippen LogP contribution in [0.3, 0.4) is 0 Å². The van der Waals surface area contributed by atoms with Crippen LogP contribution >= 0.6 is 0 Å². The average molecular weight is 290 g/mol. The summed E-state index contributed by atoms with van der Waals surface area (Å²) in [5.74, 6) is -2.99. The quantitative estimate of drug-likeness (QED) is 0.475. The van der Waals surface area contributed by atoms with Crippen LogP contribution in [-0.4, -0.2) is 45.6 Å². The third kappa shape index (κ3) is 5.46. The molecule has 0 saturated heterocycles. The fourth-order valence-corrected chi connectivity index (χ4v) is 2.02. The number of carboxylic acid groups (broad SMARTS) is 2. The summed E-state index contributed by atoms with van der Waals surface area (Å²) in [6.45, 7) is 4.09. The first-order valence-electron chi connectivity index (χ1n) is 7.20. The van der Waals surface area contributed by atoms with Crippen LogP contribution in [0.2, 0.25) is 0 Å². The van der Waals surface area contributed by atoms with Crippen molar-refractivity contribution >= 4 is 11.9 Å². The predicted octanol–water partition coefficient (Wildman–Crippen LogP) is 2.04. The van der Waals surface area contributed by atoms with Crippen LogP contribution in [0, 0.1) is 0 Å². The zero-order chi connectivity index (χ0) is 15.6. The van der Waals surface area contributed by atoms with Crippen LogP contribution in [0.15, 0.2) is 0 Å². The van der Waals surface area contributed by atoms with Gasteiger partial charge in [-0.25, -0.2) is 9.59 Å². The zero-order valence-corrected chi connectivity index (χ0v) is 12.3. The average Bonchev–Trinajstić information content (AvgIpc) is 2.40. The van der Waals surface area contributed by atoms with Gasteiger partial charge < -0.3 is 20.1 Å². The molecule has 0 aliphatic rings. The zero-order valence-electron chi connectivity index (χ0n) is 12.3. The van der Waals surface area contributed by atoms with Gasteiger partial charge in [0.2, 0.25) is 5.60 Å². The molecule has 0 aromatic rings. The molecule has 3 N–H and O–H groups in total. The fraction of sp³-hybridized carbons (Fsp3) is 0.857. The number of aliphatic hydroxyl groups excluding tert-OH is 1. The van der Waals surface area contributed by atoms with Crippen LogP contribution in [0.1, 0.15) is 58.8 Å². The summed E-state index contributed by atoms with van der Waals surface area (Å²) >= 11 is 0. The van der Waals surface area contributed by atoms with Gasteiger partial charge in [-0.1, -0.05) is 39.5 Å². The van der Waals surface area contributed by atoms with E-state index >= 15 is 0 Å². The molecule has 0 aromatic heterocycles. The van der Waals surface area contributed by atoms with Gasteiger partial charge in [0, 0.05) is 6.61 Å². The van der Waals surface area contributed by atoms with Crippen molar-refractivity contribution in [3.05, 3.63) is 0 Å². The van der Waals surface area contributed by atoms with E-state index in [1.54, 1.807) is 0 Å². The lowest BCUT2D eigenvalue weighted by Crippen LogP contribution is -2.55. The molecular formula is C14H26O6. The van der Waals surface area contributed by atoms with Gasteiger partial charge in [-0.15, -0.1) is 0 Å². The van der Waals surface area contributed by atoms with Crippen molar-refractivity contribution in [1.29, 1.82) is 0 Å². The molecule has 118 valence electrons. The summed E-state index contributed by atoms with van der Waals surface area (Å²) in [7, 11) is 0. The molecule has 0 fully saturated rings. The largest absolute Gasteiger partial charge is 0.479 e. The monoisotopic (exact) mass is 290 g/mol. The number of aliphatic hydroxyl groups is 1. The van der Waals surface area contributed by atoms with Gasteiger partial charge in [0.25, 0.3) is 0 Å². The van der Waals surface area contributed by atoms with Gasteiger partial charge in [-0.2, -0.15) is 0 Å². The number of aliphatic carboxylic acids is 2. The second kappa shape index (κ2) is 9.72. The first-order valence-corrected chi connectivity index (χ1v) is 7.20. The Morgan fingerprint density at radius 3 is 2.05 bits per heavy atom. The van der Waals surface area contributed by atoms with Gasteiger partial charge in [-0.3, -0.25) is 0 Å². The lowest BCUT2D eigenvalue weighted by molar-refractivity contribution is -0.195. The first-order chi connectivity index (χ1) is 9.42. The summed E-state index contributed by atoms with van der Waals surface area (Å²) in [5.41, 5.74) is -2.05. The molecule has 0 heterocycles. The van der Waals surface area contributed by atoms with Crippen molar-refractivity contribution in [3.8, 4) is 0 Å². The van der Waals surface area contributed by atoms with Crippen molar-refractivity contribution in [2.24, 2.45) is 0 Å². The third-order valence-corrected chi connectivity index (χ3v) is 3.30. The topological polar surface area (TPSA) is 104 Å². The number of carboxylic acids is 2. The van der Waals surface area contributed by atoms with Gasteiger partial charge in [0.1, 0.15) is 0 Å². The molecule has 0 aliphatic carbocycles. The van der Waals surface area contributed by atoms with Crippen LogP contribution in [0.4, 0.5) is 0 Å². The molecule has 0 spiro atoms. The second-order valence-corrected chi connectivity index (χ2v) is 4.95. The lowest BCUT2D eigenvalue weighted by Gasteiger charge is -2.32. The standard InChI is InChI=1S/C14H26O6/c1-3-5-7-9-14(13(18)19,11(15)12(16)17)20-10-8-6-4-2/h11,15H,3-10H2,1-2H3,(H,16,17)(H,18,19)/t11?,14-/m1/s1. The molecule has 6 nitrogen and oxygen atoms in total. The van der Waals surface area contributed by atoms with Crippen molar-refractivity contribution < 1.29 is 29.6 Å². The molecule has 0 aliphatic heterocycles. The summed E-state index contributed by atoms with van der Waals surface area (Å²) in [5, 5.41) is 28.0. The van der Waals surface area contributed by atoms with Crippen LogP contribution in [0.5, 0.6) is 0 Å². The summed E-state index contributed by atoms with van der Waals surface area (Å²) in [4.78, 5) is 22.5. The highest BCUT2D eigenvalue weighted by molar-refractivity contribution is 5.87. The Morgan fingerprint density at radius 1 is 1.05 bits per heavy atom. The second-order valence-electron chi connectivity index (χ2n) is 4.95. The minimum atomic E-state index is -2.06. The molecule has 0 aromatic carbocycles. The summed E-state index contributed by atoms with van der Waals surface area (Å²) < 4.78 is 5.33. The van der Waals surface area contributed by atoms with E-state index in [0.29, 0.717) is 12.8 Å². The molecular weight excluding hydrogens is 264 g/mol. The molecule has 0 radical (unpaired) electrons. The Labute approximate surface area is 119 Å². The van der Waals surface area contributed by atoms with E-state index in [2.05, 4.69) is 0 Å². The van der Waals surface area contributed by atoms with E-state index in [4.69, 9.17) is 9.84 Å². The van der Waals surface area contributed by atoms with E-state index in [1.165, 1.54) is 0 Å². The highest BCUT2D eigenvalue weighted by atomic mass is 16.5. The molecule has 0 bridgehead atoms.